The Morgan fingerprint density at radius 2 is 1.92 bits per heavy atom. The van der Waals surface area contributed by atoms with Crippen molar-refractivity contribution >= 4 is 34.8 Å². The van der Waals surface area contributed by atoms with Crippen molar-refractivity contribution in [2.45, 2.75) is 13.5 Å². The van der Waals surface area contributed by atoms with Gasteiger partial charge in [0.2, 0.25) is 0 Å². The monoisotopic (exact) mass is 359 g/mol. The average Bonchev–Trinajstić information content (AvgIpc) is 2.96. The van der Waals surface area contributed by atoms with Gasteiger partial charge in [-0.1, -0.05) is 35.3 Å². The fraction of sp³-hybridized carbons (Fsp3) is 0.111. The SMILES string of the molecule is Cc1nccn1Cc1ccc(C(=O)Nc2cc(Cl)ccc2Cl)cc1. The van der Waals surface area contributed by atoms with E-state index in [9.17, 15) is 4.79 Å². The van der Waals surface area contributed by atoms with E-state index in [4.69, 9.17) is 23.2 Å². The van der Waals surface area contributed by atoms with Crippen LogP contribution in [-0.4, -0.2) is 15.5 Å². The number of aryl methyl sites for hydroxylation is 1. The van der Waals surface area contributed by atoms with Gasteiger partial charge < -0.3 is 9.88 Å². The lowest BCUT2D eigenvalue weighted by Crippen LogP contribution is -2.12. The van der Waals surface area contributed by atoms with Crippen LogP contribution in [-0.2, 0) is 6.54 Å². The molecule has 0 radical (unpaired) electrons. The molecule has 122 valence electrons. The topological polar surface area (TPSA) is 46.9 Å². The molecule has 0 aliphatic rings. The van der Waals surface area contributed by atoms with E-state index in [0.29, 0.717) is 27.8 Å². The van der Waals surface area contributed by atoms with Gasteiger partial charge in [0.15, 0.2) is 0 Å². The van der Waals surface area contributed by atoms with Crippen molar-refractivity contribution in [1.29, 1.82) is 0 Å². The Morgan fingerprint density at radius 1 is 1.17 bits per heavy atom. The summed E-state index contributed by atoms with van der Waals surface area (Å²) >= 11 is 12.0. The highest BCUT2D eigenvalue weighted by Gasteiger charge is 2.09. The number of nitrogens with zero attached hydrogens (tertiary/aromatic N) is 2. The Morgan fingerprint density at radius 3 is 2.58 bits per heavy atom. The molecule has 6 heteroatoms. The van der Waals surface area contributed by atoms with Gasteiger partial charge in [0.25, 0.3) is 5.91 Å². The molecule has 0 bridgehead atoms. The summed E-state index contributed by atoms with van der Waals surface area (Å²) in [4.78, 5) is 16.5. The first kappa shape index (κ1) is 16.6. The molecule has 0 fully saturated rings. The Balaban J connectivity index is 1.72. The van der Waals surface area contributed by atoms with Crippen LogP contribution in [0, 0.1) is 6.92 Å². The molecular weight excluding hydrogens is 345 g/mol. The number of rotatable bonds is 4. The van der Waals surface area contributed by atoms with Crippen LogP contribution in [0.1, 0.15) is 21.7 Å². The predicted molar refractivity (Wildman–Crippen MR) is 96.9 cm³/mol. The Bertz CT molecular complexity index is 872. The molecule has 0 aliphatic heterocycles. The maximum atomic E-state index is 12.3. The van der Waals surface area contributed by atoms with Crippen molar-refractivity contribution in [3.05, 3.63) is 81.9 Å². The third kappa shape index (κ3) is 3.78. The smallest absolute Gasteiger partial charge is 0.255 e. The van der Waals surface area contributed by atoms with Gasteiger partial charge in [-0.3, -0.25) is 4.79 Å². The second kappa shape index (κ2) is 7.07. The lowest BCUT2D eigenvalue weighted by molar-refractivity contribution is 0.102. The standard InChI is InChI=1S/C18H15Cl2N3O/c1-12-21-8-9-23(12)11-13-2-4-14(5-3-13)18(24)22-17-10-15(19)6-7-16(17)20/h2-10H,11H2,1H3,(H,22,24). The lowest BCUT2D eigenvalue weighted by Gasteiger charge is -2.09. The second-order valence-electron chi connectivity index (χ2n) is 5.38. The van der Waals surface area contributed by atoms with Crippen molar-refractivity contribution < 1.29 is 4.79 Å². The normalized spacial score (nSPS) is 10.6. The summed E-state index contributed by atoms with van der Waals surface area (Å²) in [6.07, 6.45) is 3.70. The van der Waals surface area contributed by atoms with E-state index in [1.807, 2.05) is 29.8 Å². The maximum Gasteiger partial charge on any atom is 0.255 e. The van der Waals surface area contributed by atoms with Crippen LogP contribution >= 0.6 is 23.2 Å². The van der Waals surface area contributed by atoms with Gasteiger partial charge in [0.05, 0.1) is 10.7 Å². The minimum Gasteiger partial charge on any atom is -0.331 e. The summed E-state index contributed by atoms with van der Waals surface area (Å²) in [5, 5.41) is 3.73. The molecule has 1 heterocycles. The van der Waals surface area contributed by atoms with Crippen molar-refractivity contribution in [3.8, 4) is 0 Å². The molecule has 0 saturated heterocycles. The number of amides is 1. The zero-order chi connectivity index (χ0) is 17.1. The molecule has 24 heavy (non-hydrogen) atoms. The van der Waals surface area contributed by atoms with Gasteiger partial charge in [-0.25, -0.2) is 4.98 Å². The number of anilines is 1. The lowest BCUT2D eigenvalue weighted by atomic mass is 10.1. The summed E-state index contributed by atoms with van der Waals surface area (Å²) in [5.41, 5.74) is 2.14. The van der Waals surface area contributed by atoms with Crippen molar-refractivity contribution in [2.24, 2.45) is 0 Å². The first-order valence-electron chi connectivity index (χ1n) is 7.36. The number of imidazole rings is 1. The van der Waals surface area contributed by atoms with Crippen molar-refractivity contribution in [3.63, 3.8) is 0 Å². The van der Waals surface area contributed by atoms with E-state index in [2.05, 4.69) is 10.3 Å². The number of hydrogen-bond acceptors (Lipinski definition) is 2. The summed E-state index contributed by atoms with van der Waals surface area (Å²) in [6.45, 7) is 2.67. The number of benzene rings is 2. The first-order chi connectivity index (χ1) is 11.5. The molecule has 0 spiro atoms. The molecule has 0 saturated carbocycles. The molecule has 0 atom stereocenters. The number of carbonyl (C=O) groups is 1. The number of nitrogens with one attached hydrogen (secondary N) is 1. The van der Waals surface area contributed by atoms with E-state index in [-0.39, 0.29) is 5.91 Å². The quantitative estimate of drug-likeness (QED) is 0.727. The number of aromatic nitrogens is 2. The van der Waals surface area contributed by atoms with Crippen LogP contribution in [0.5, 0.6) is 0 Å². The third-order valence-electron chi connectivity index (χ3n) is 3.67. The van der Waals surface area contributed by atoms with Crippen LogP contribution in [0.15, 0.2) is 54.9 Å². The molecule has 1 N–H and O–H groups in total. The molecule has 0 unspecified atom stereocenters. The zero-order valence-corrected chi connectivity index (χ0v) is 14.5. The van der Waals surface area contributed by atoms with Gasteiger partial charge in [-0.05, 0) is 42.8 Å². The second-order valence-corrected chi connectivity index (χ2v) is 6.22. The van der Waals surface area contributed by atoms with E-state index in [0.717, 1.165) is 11.4 Å². The molecule has 3 aromatic rings. The fourth-order valence-electron chi connectivity index (χ4n) is 2.32. The summed E-state index contributed by atoms with van der Waals surface area (Å²) in [5.74, 6) is 0.719. The predicted octanol–water partition coefficient (Wildman–Crippen LogP) is 4.80. The molecule has 1 amide bonds. The van der Waals surface area contributed by atoms with Gasteiger partial charge in [0.1, 0.15) is 5.82 Å². The first-order valence-corrected chi connectivity index (χ1v) is 8.11. The van der Waals surface area contributed by atoms with Crippen LogP contribution in [0.3, 0.4) is 0 Å². The summed E-state index contributed by atoms with van der Waals surface area (Å²) in [7, 11) is 0. The van der Waals surface area contributed by atoms with Gasteiger partial charge in [0, 0.05) is 29.5 Å². The maximum absolute atomic E-state index is 12.3. The number of hydrogen-bond donors (Lipinski definition) is 1. The molecule has 3 rings (SSSR count). The van der Waals surface area contributed by atoms with Crippen LogP contribution in [0.25, 0.3) is 0 Å². The minimum atomic E-state index is -0.232. The molecule has 2 aromatic carbocycles. The Hall–Kier alpha value is -2.30. The largest absolute Gasteiger partial charge is 0.331 e. The third-order valence-corrected chi connectivity index (χ3v) is 4.23. The fourth-order valence-corrected chi connectivity index (χ4v) is 2.65. The van der Waals surface area contributed by atoms with E-state index >= 15 is 0 Å². The minimum absolute atomic E-state index is 0.232. The Kier molecular flexibility index (Phi) is 4.88. The molecule has 4 nitrogen and oxygen atoms in total. The van der Waals surface area contributed by atoms with Crippen LogP contribution in [0.2, 0.25) is 10.0 Å². The summed E-state index contributed by atoms with van der Waals surface area (Å²) in [6, 6.07) is 12.4. The van der Waals surface area contributed by atoms with Crippen molar-refractivity contribution in [2.75, 3.05) is 5.32 Å². The molecule has 1 aromatic heterocycles. The van der Waals surface area contributed by atoms with Gasteiger partial charge in [-0.2, -0.15) is 0 Å². The molecule has 0 aliphatic carbocycles. The number of carbonyl (C=O) groups excluding carboxylic acids is 1. The van der Waals surface area contributed by atoms with Crippen molar-refractivity contribution in [1.82, 2.24) is 9.55 Å². The highest BCUT2D eigenvalue weighted by Crippen LogP contribution is 2.25. The zero-order valence-electron chi connectivity index (χ0n) is 13.0. The highest BCUT2D eigenvalue weighted by atomic mass is 35.5. The average molecular weight is 360 g/mol. The molecular formula is C18H15Cl2N3O. The highest BCUT2D eigenvalue weighted by molar-refractivity contribution is 6.35. The van der Waals surface area contributed by atoms with Gasteiger partial charge >= 0.3 is 0 Å². The summed E-state index contributed by atoms with van der Waals surface area (Å²) < 4.78 is 2.04. The van der Waals surface area contributed by atoms with E-state index in [1.165, 1.54) is 0 Å². The van der Waals surface area contributed by atoms with Crippen LogP contribution in [0.4, 0.5) is 5.69 Å². The van der Waals surface area contributed by atoms with Crippen LogP contribution < -0.4 is 5.32 Å². The van der Waals surface area contributed by atoms with Gasteiger partial charge in [-0.15, -0.1) is 0 Å². The van der Waals surface area contributed by atoms with E-state index in [1.54, 1.807) is 36.5 Å². The Labute approximate surface area is 150 Å². The van der Waals surface area contributed by atoms with E-state index < -0.39 is 0 Å². The number of halogens is 2.